The number of aromatic nitrogens is 2. The zero-order valence-electron chi connectivity index (χ0n) is 15.3. The third-order valence-electron chi connectivity index (χ3n) is 3.53. The van der Waals surface area contributed by atoms with Crippen molar-refractivity contribution in [1.29, 1.82) is 0 Å². The number of esters is 1. The van der Waals surface area contributed by atoms with Gasteiger partial charge in [-0.15, -0.1) is 0 Å². The van der Waals surface area contributed by atoms with E-state index in [1.807, 2.05) is 25.1 Å². The lowest BCUT2D eigenvalue weighted by atomic mass is 10.1. The predicted octanol–water partition coefficient (Wildman–Crippen LogP) is 4.16. The molecule has 1 aromatic heterocycles. The molecule has 0 aliphatic heterocycles. The van der Waals surface area contributed by atoms with Crippen molar-refractivity contribution in [3.63, 3.8) is 0 Å². The number of benzene rings is 1. The van der Waals surface area contributed by atoms with E-state index in [4.69, 9.17) is 4.74 Å². The second-order valence-electron chi connectivity index (χ2n) is 6.22. The van der Waals surface area contributed by atoms with Crippen molar-refractivity contribution < 1.29 is 9.53 Å². The molecule has 0 spiro atoms. The number of hydrogen-bond donors (Lipinski definition) is 2. The first-order valence-corrected chi connectivity index (χ1v) is 8.61. The molecule has 0 aliphatic carbocycles. The van der Waals surface area contributed by atoms with E-state index in [1.54, 1.807) is 19.1 Å². The van der Waals surface area contributed by atoms with Crippen molar-refractivity contribution in [3.8, 4) is 0 Å². The van der Waals surface area contributed by atoms with Gasteiger partial charge in [-0.3, -0.25) is 0 Å². The van der Waals surface area contributed by atoms with E-state index in [2.05, 4.69) is 34.4 Å². The highest BCUT2D eigenvalue weighted by atomic mass is 16.5. The topological polar surface area (TPSA) is 76.1 Å². The zero-order chi connectivity index (χ0) is 18.2. The molecule has 2 aromatic rings. The lowest BCUT2D eigenvalue weighted by Gasteiger charge is -2.11. The number of rotatable bonds is 8. The van der Waals surface area contributed by atoms with Gasteiger partial charge < -0.3 is 15.4 Å². The smallest absolute Gasteiger partial charge is 0.338 e. The molecular weight excluding hydrogens is 316 g/mol. The Morgan fingerprint density at radius 3 is 2.48 bits per heavy atom. The quantitative estimate of drug-likeness (QED) is 0.702. The molecule has 25 heavy (non-hydrogen) atoms. The van der Waals surface area contributed by atoms with Crippen LogP contribution >= 0.6 is 0 Å². The third-order valence-corrected chi connectivity index (χ3v) is 3.53. The molecule has 0 saturated heterocycles. The van der Waals surface area contributed by atoms with Crippen molar-refractivity contribution >= 4 is 23.3 Å². The van der Waals surface area contributed by atoms with Gasteiger partial charge in [0.1, 0.15) is 17.5 Å². The van der Waals surface area contributed by atoms with Gasteiger partial charge in [0, 0.05) is 18.3 Å². The van der Waals surface area contributed by atoms with Crippen LogP contribution in [0.1, 0.15) is 43.4 Å². The second kappa shape index (κ2) is 9.01. The highest BCUT2D eigenvalue weighted by Gasteiger charge is 2.07. The average Bonchev–Trinajstić information content (AvgIpc) is 2.55. The van der Waals surface area contributed by atoms with Crippen LogP contribution in [0.2, 0.25) is 0 Å². The SMILES string of the molecule is CCOC(=O)c1ccc(Nc2cc(NCCC(C)C)nc(C)n2)cc1. The fourth-order valence-corrected chi connectivity index (χ4v) is 2.26. The molecule has 0 amide bonds. The Bertz CT molecular complexity index is 699. The molecule has 6 nitrogen and oxygen atoms in total. The number of carbonyl (C=O) groups is 1. The van der Waals surface area contributed by atoms with Gasteiger partial charge >= 0.3 is 5.97 Å². The maximum absolute atomic E-state index is 11.7. The van der Waals surface area contributed by atoms with Crippen LogP contribution in [0, 0.1) is 12.8 Å². The Hall–Kier alpha value is -2.63. The fourth-order valence-electron chi connectivity index (χ4n) is 2.26. The Kier molecular flexibility index (Phi) is 6.74. The minimum atomic E-state index is -0.316. The average molecular weight is 342 g/mol. The van der Waals surface area contributed by atoms with E-state index >= 15 is 0 Å². The standard InChI is InChI=1S/C19H26N4O2/c1-5-25-19(24)15-6-8-16(9-7-15)23-18-12-17(21-14(4)22-18)20-11-10-13(2)3/h6-9,12-13H,5,10-11H2,1-4H3,(H2,20,21,22,23). The van der Waals surface area contributed by atoms with Crippen LogP contribution in [-0.2, 0) is 4.74 Å². The third kappa shape index (κ3) is 6.06. The van der Waals surface area contributed by atoms with E-state index < -0.39 is 0 Å². The summed E-state index contributed by atoms with van der Waals surface area (Å²) in [5.74, 6) is 2.54. The predicted molar refractivity (Wildman–Crippen MR) is 100 cm³/mol. The summed E-state index contributed by atoms with van der Waals surface area (Å²) in [6.07, 6.45) is 1.08. The van der Waals surface area contributed by atoms with Crippen LogP contribution in [0.3, 0.4) is 0 Å². The van der Waals surface area contributed by atoms with Crippen LogP contribution in [0.15, 0.2) is 30.3 Å². The summed E-state index contributed by atoms with van der Waals surface area (Å²) in [6.45, 7) is 9.29. The minimum Gasteiger partial charge on any atom is -0.462 e. The van der Waals surface area contributed by atoms with Crippen LogP contribution < -0.4 is 10.6 Å². The molecule has 0 atom stereocenters. The van der Waals surface area contributed by atoms with E-state index in [0.717, 1.165) is 24.5 Å². The number of aryl methyl sites for hydroxylation is 1. The molecule has 0 fully saturated rings. The van der Waals surface area contributed by atoms with Crippen molar-refractivity contribution in [2.24, 2.45) is 5.92 Å². The van der Waals surface area contributed by atoms with Gasteiger partial charge in [-0.25, -0.2) is 14.8 Å². The summed E-state index contributed by atoms with van der Waals surface area (Å²) in [5, 5.41) is 6.57. The van der Waals surface area contributed by atoms with Crippen LogP contribution in [0.25, 0.3) is 0 Å². The number of nitrogens with zero attached hydrogens (tertiary/aromatic N) is 2. The molecule has 1 aromatic carbocycles. The summed E-state index contributed by atoms with van der Waals surface area (Å²) >= 11 is 0. The van der Waals surface area contributed by atoms with Gasteiger partial charge in [0.2, 0.25) is 0 Å². The van der Waals surface area contributed by atoms with E-state index in [9.17, 15) is 4.79 Å². The molecule has 0 aliphatic rings. The molecule has 2 N–H and O–H groups in total. The maximum Gasteiger partial charge on any atom is 0.338 e. The number of nitrogens with one attached hydrogen (secondary N) is 2. The van der Waals surface area contributed by atoms with Crippen molar-refractivity contribution in [3.05, 3.63) is 41.7 Å². The molecule has 0 unspecified atom stereocenters. The number of hydrogen-bond acceptors (Lipinski definition) is 6. The normalized spacial score (nSPS) is 10.6. The Morgan fingerprint density at radius 2 is 1.84 bits per heavy atom. The Balaban J connectivity index is 2.04. The second-order valence-corrected chi connectivity index (χ2v) is 6.22. The number of carbonyl (C=O) groups excluding carboxylic acids is 1. The molecule has 134 valence electrons. The van der Waals surface area contributed by atoms with Gasteiger partial charge in [-0.1, -0.05) is 13.8 Å². The van der Waals surface area contributed by atoms with Gasteiger partial charge in [0.05, 0.1) is 12.2 Å². The molecule has 0 saturated carbocycles. The molecule has 0 radical (unpaired) electrons. The fraction of sp³-hybridized carbons (Fsp3) is 0.421. The molecule has 2 rings (SSSR count). The lowest BCUT2D eigenvalue weighted by molar-refractivity contribution is 0.0526. The maximum atomic E-state index is 11.7. The van der Waals surface area contributed by atoms with E-state index in [1.165, 1.54) is 0 Å². The first-order chi connectivity index (χ1) is 12.0. The van der Waals surface area contributed by atoms with Gasteiger partial charge in [0.15, 0.2) is 0 Å². The van der Waals surface area contributed by atoms with Gasteiger partial charge in [-0.05, 0) is 50.5 Å². The van der Waals surface area contributed by atoms with E-state index in [-0.39, 0.29) is 5.97 Å². The highest BCUT2D eigenvalue weighted by molar-refractivity contribution is 5.89. The van der Waals surface area contributed by atoms with Gasteiger partial charge in [0.25, 0.3) is 0 Å². The molecule has 6 heteroatoms. The first kappa shape index (κ1) is 18.7. The van der Waals surface area contributed by atoms with Crippen molar-refractivity contribution in [2.75, 3.05) is 23.8 Å². The lowest BCUT2D eigenvalue weighted by Crippen LogP contribution is -2.08. The molecule has 0 bridgehead atoms. The van der Waals surface area contributed by atoms with Crippen LogP contribution in [-0.4, -0.2) is 29.1 Å². The monoisotopic (exact) mass is 342 g/mol. The zero-order valence-corrected chi connectivity index (χ0v) is 15.3. The minimum absolute atomic E-state index is 0.316. The Morgan fingerprint density at radius 1 is 1.16 bits per heavy atom. The highest BCUT2D eigenvalue weighted by Crippen LogP contribution is 2.18. The van der Waals surface area contributed by atoms with Crippen LogP contribution in [0.5, 0.6) is 0 Å². The van der Waals surface area contributed by atoms with E-state index in [0.29, 0.717) is 29.7 Å². The van der Waals surface area contributed by atoms with Crippen molar-refractivity contribution in [2.45, 2.75) is 34.1 Å². The largest absolute Gasteiger partial charge is 0.462 e. The van der Waals surface area contributed by atoms with Crippen LogP contribution in [0.4, 0.5) is 17.3 Å². The van der Waals surface area contributed by atoms with Crippen molar-refractivity contribution in [1.82, 2.24) is 9.97 Å². The molecular formula is C19H26N4O2. The number of ether oxygens (including phenoxy) is 1. The summed E-state index contributed by atoms with van der Waals surface area (Å²) in [7, 11) is 0. The number of anilines is 3. The summed E-state index contributed by atoms with van der Waals surface area (Å²) in [4.78, 5) is 20.5. The summed E-state index contributed by atoms with van der Waals surface area (Å²) < 4.78 is 4.98. The Labute approximate surface area is 149 Å². The molecule has 1 heterocycles. The first-order valence-electron chi connectivity index (χ1n) is 8.61. The summed E-state index contributed by atoms with van der Waals surface area (Å²) in [6, 6.07) is 9.00. The summed E-state index contributed by atoms with van der Waals surface area (Å²) in [5.41, 5.74) is 1.38. The van der Waals surface area contributed by atoms with Gasteiger partial charge in [-0.2, -0.15) is 0 Å².